The topological polar surface area (TPSA) is 43.8 Å². The SMILES string of the molecule is CCSc1cc(N)n(Cc2cccc(C)c2)n1. The highest BCUT2D eigenvalue weighted by Crippen LogP contribution is 2.19. The second-order valence-corrected chi connectivity index (χ2v) is 5.27. The molecule has 1 aromatic heterocycles. The number of hydrogen-bond acceptors (Lipinski definition) is 3. The van der Waals surface area contributed by atoms with Gasteiger partial charge in [-0.1, -0.05) is 36.8 Å². The van der Waals surface area contributed by atoms with Gasteiger partial charge in [-0.15, -0.1) is 11.8 Å². The number of aromatic nitrogens is 2. The predicted molar refractivity (Wildman–Crippen MR) is 73.3 cm³/mol. The van der Waals surface area contributed by atoms with Crippen LogP contribution in [-0.2, 0) is 6.54 Å². The van der Waals surface area contributed by atoms with Gasteiger partial charge in [-0.05, 0) is 18.2 Å². The Morgan fingerprint density at radius 3 is 2.88 bits per heavy atom. The Morgan fingerprint density at radius 2 is 2.18 bits per heavy atom. The molecule has 0 radical (unpaired) electrons. The molecule has 0 saturated carbocycles. The first-order valence-corrected chi connectivity index (χ1v) is 6.69. The van der Waals surface area contributed by atoms with Gasteiger partial charge in [-0.2, -0.15) is 5.10 Å². The van der Waals surface area contributed by atoms with Crippen molar-refractivity contribution < 1.29 is 0 Å². The molecule has 0 bridgehead atoms. The Balaban J connectivity index is 2.18. The van der Waals surface area contributed by atoms with Crippen LogP contribution in [0.3, 0.4) is 0 Å². The molecule has 0 aliphatic carbocycles. The summed E-state index contributed by atoms with van der Waals surface area (Å²) in [5.41, 5.74) is 8.43. The van der Waals surface area contributed by atoms with Gasteiger partial charge in [0.05, 0.1) is 6.54 Å². The Hall–Kier alpha value is -1.42. The van der Waals surface area contributed by atoms with Gasteiger partial charge in [-0.25, -0.2) is 4.68 Å². The summed E-state index contributed by atoms with van der Waals surface area (Å²) in [4.78, 5) is 0. The third-order valence-corrected chi connectivity index (χ3v) is 3.28. The van der Waals surface area contributed by atoms with Gasteiger partial charge >= 0.3 is 0 Å². The number of aryl methyl sites for hydroxylation is 1. The van der Waals surface area contributed by atoms with E-state index >= 15 is 0 Å². The van der Waals surface area contributed by atoms with Gasteiger partial charge in [0.25, 0.3) is 0 Å². The zero-order valence-corrected chi connectivity index (χ0v) is 11.0. The number of nitrogens with two attached hydrogens (primary N) is 1. The van der Waals surface area contributed by atoms with Gasteiger partial charge in [0.2, 0.25) is 0 Å². The molecule has 0 atom stereocenters. The molecule has 90 valence electrons. The number of benzene rings is 1. The Morgan fingerprint density at radius 1 is 1.35 bits per heavy atom. The molecule has 0 saturated heterocycles. The first-order chi connectivity index (χ1) is 8.19. The molecule has 4 heteroatoms. The van der Waals surface area contributed by atoms with Crippen LogP contribution in [-0.4, -0.2) is 15.5 Å². The van der Waals surface area contributed by atoms with Crippen LogP contribution in [0.2, 0.25) is 0 Å². The van der Waals surface area contributed by atoms with Crippen LogP contribution in [0.25, 0.3) is 0 Å². The minimum Gasteiger partial charge on any atom is -0.384 e. The quantitative estimate of drug-likeness (QED) is 0.845. The van der Waals surface area contributed by atoms with Crippen LogP contribution in [0.15, 0.2) is 35.4 Å². The van der Waals surface area contributed by atoms with Gasteiger partial charge in [0.15, 0.2) is 0 Å². The normalized spacial score (nSPS) is 10.7. The second-order valence-electron chi connectivity index (χ2n) is 3.99. The van der Waals surface area contributed by atoms with E-state index in [-0.39, 0.29) is 0 Å². The predicted octanol–water partition coefficient (Wildman–Crippen LogP) is 2.93. The molecule has 0 aliphatic rings. The molecule has 0 unspecified atom stereocenters. The van der Waals surface area contributed by atoms with Gasteiger partial charge in [0.1, 0.15) is 10.8 Å². The average molecular weight is 247 g/mol. The van der Waals surface area contributed by atoms with E-state index in [0.717, 1.165) is 23.1 Å². The highest BCUT2D eigenvalue weighted by Gasteiger charge is 2.05. The number of nitrogen functional groups attached to an aromatic ring is 1. The molecule has 3 nitrogen and oxygen atoms in total. The number of thioether (sulfide) groups is 1. The molecule has 2 aromatic rings. The fraction of sp³-hybridized carbons (Fsp3) is 0.308. The summed E-state index contributed by atoms with van der Waals surface area (Å²) in [5, 5.41) is 5.48. The smallest absolute Gasteiger partial charge is 0.123 e. The Bertz CT molecular complexity index is 505. The molecular formula is C13H17N3S. The second kappa shape index (κ2) is 5.27. The van der Waals surface area contributed by atoms with Crippen molar-refractivity contribution in [2.45, 2.75) is 25.4 Å². The Labute approximate surface area is 106 Å². The summed E-state index contributed by atoms with van der Waals surface area (Å²) in [6.07, 6.45) is 0. The first kappa shape index (κ1) is 12.0. The van der Waals surface area contributed by atoms with Gasteiger partial charge in [-0.3, -0.25) is 0 Å². The maximum absolute atomic E-state index is 5.94. The first-order valence-electron chi connectivity index (χ1n) is 5.70. The van der Waals surface area contributed by atoms with Crippen molar-refractivity contribution in [3.8, 4) is 0 Å². The molecule has 17 heavy (non-hydrogen) atoms. The molecule has 1 heterocycles. The highest BCUT2D eigenvalue weighted by molar-refractivity contribution is 7.99. The van der Waals surface area contributed by atoms with Crippen molar-refractivity contribution >= 4 is 17.6 Å². The molecule has 0 spiro atoms. The van der Waals surface area contributed by atoms with E-state index in [1.807, 2.05) is 10.7 Å². The fourth-order valence-electron chi connectivity index (χ4n) is 1.74. The van der Waals surface area contributed by atoms with Crippen LogP contribution < -0.4 is 5.73 Å². The zero-order chi connectivity index (χ0) is 12.3. The largest absolute Gasteiger partial charge is 0.384 e. The third kappa shape index (κ3) is 3.03. The fourth-order valence-corrected chi connectivity index (χ4v) is 2.39. The average Bonchev–Trinajstić information content (AvgIpc) is 2.60. The van der Waals surface area contributed by atoms with E-state index < -0.39 is 0 Å². The number of hydrogen-bond donors (Lipinski definition) is 1. The third-order valence-electron chi connectivity index (χ3n) is 2.50. The van der Waals surface area contributed by atoms with Crippen LogP contribution in [0, 0.1) is 6.92 Å². The van der Waals surface area contributed by atoms with Crippen LogP contribution in [0.4, 0.5) is 5.82 Å². The Kier molecular flexibility index (Phi) is 3.74. The lowest BCUT2D eigenvalue weighted by Crippen LogP contribution is -2.05. The van der Waals surface area contributed by atoms with E-state index in [2.05, 4.69) is 43.2 Å². The van der Waals surface area contributed by atoms with Crippen molar-refractivity contribution in [2.75, 3.05) is 11.5 Å². The summed E-state index contributed by atoms with van der Waals surface area (Å²) in [6.45, 7) is 4.94. The molecule has 2 rings (SSSR count). The number of nitrogens with zero attached hydrogens (tertiary/aromatic N) is 2. The summed E-state index contributed by atoms with van der Waals surface area (Å²) >= 11 is 1.71. The maximum atomic E-state index is 5.94. The van der Waals surface area contributed by atoms with Crippen molar-refractivity contribution in [2.24, 2.45) is 0 Å². The highest BCUT2D eigenvalue weighted by atomic mass is 32.2. The van der Waals surface area contributed by atoms with Crippen LogP contribution in [0.1, 0.15) is 18.1 Å². The summed E-state index contributed by atoms with van der Waals surface area (Å²) in [7, 11) is 0. The van der Waals surface area contributed by atoms with Crippen molar-refractivity contribution in [1.82, 2.24) is 9.78 Å². The number of anilines is 1. The van der Waals surface area contributed by atoms with E-state index in [4.69, 9.17) is 5.73 Å². The van der Waals surface area contributed by atoms with E-state index in [0.29, 0.717) is 0 Å². The zero-order valence-electron chi connectivity index (χ0n) is 10.2. The molecule has 0 fully saturated rings. The summed E-state index contributed by atoms with van der Waals surface area (Å²) in [6, 6.07) is 10.3. The molecular weight excluding hydrogens is 230 g/mol. The lowest BCUT2D eigenvalue weighted by atomic mass is 10.1. The van der Waals surface area contributed by atoms with Crippen LogP contribution in [0.5, 0.6) is 0 Å². The van der Waals surface area contributed by atoms with E-state index in [1.165, 1.54) is 11.1 Å². The van der Waals surface area contributed by atoms with Crippen LogP contribution >= 0.6 is 11.8 Å². The number of rotatable bonds is 4. The van der Waals surface area contributed by atoms with Crippen molar-refractivity contribution in [1.29, 1.82) is 0 Å². The minimum absolute atomic E-state index is 0.724. The molecule has 0 amide bonds. The molecule has 0 aliphatic heterocycles. The van der Waals surface area contributed by atoms with Gasteiger partial charge in [0, 0.05) is 6.07 Å². The molecule has 2 N–H and O–H groups in total. The maximum Gasteiger partial charge on any atom is 0.123 e. The summed E-state index contributed by atoms with van der Waals surface area (Å²) < 4.78 is 1.85. The minimum atomic E-state index is 0.724. The van der Waals surface area contributed by atoms with E-state index in [1.54, 1.807) is 11.8 Å². The lowest BCUT2D eigenvalue weighted by Gasteiger charge is -2.04. The standard InChI is InChI=1S/C13H17N3S/c1-3-17-13-8-12(14)16(15-13)9-11-6-4-5-10(2)7-11/h4-8H,3,9,14H2,1-2H3. The molecule has 1 aromatic carbocycles. The van der Waals surface area contributed by atoms with E-state index in [9.17, 15) is 0 Å². The summed E-state index contributed by atoms with van der Waals surface area (Å²) in [5.74, 6) is 1.74. The van der Waals surface area contributed by atoms with Crippen molar-refractivity contribution in [3.05, 3.63) is 41.5 Å². The van der Waals surface area contributed by atoms with Crippen molar-refractivity contribution in [3.63, 3.8) is 0 Å². The lowest BCUT2D eigenvalue weighted by molar-refractivity contribution is 0.675. The monoisotopic (exact) mass is 247 g/mol. The van der Waals surface area contributed by atoms with Gasteiger partial charge < -0.3 is 5.73 Å².